The van der Waals surface area contributed by atoms with Crippen LogP contribution >= 0.6 is 0 Å². The van der Waals surface area contributed by atoms with Gasteiger partial charge in [0, 0.05) is 5.57 Å². The summed E-state index contributed by atoms with van der Waals surface area (Å²) in [5.41, 5.74) is 0.404. The lowest BCUT2D eigenvalue weighted by Gasteiger charge is -1.82. The van der Waals surface area contributed by atoms with Crippen molar-refractivity contribution >= 4 is 11.8 Å². The van der Waals surface area contributed by atoms with E-state index in [1.54, 1.807) is 6.92 Å². The molecule has 0 radical (unpaired) electrons. The van der Waals surface area contributed by atoms with E-state index in [9.17, 15) is 4.79 Å². The van der Waals surface area contributed by atoms with Crippen molar-refractivity contribution in [3.05, 3.63) is 18.7 Å². The molecular weight excluding hydrogens is 102 g/mol. The van der Waals surface area contributed by atoms with Crippen LogP contribution in [0.2, 0.25) is 0 Å². The fourth-order valence-electron chi connectivity index (χ4n) is 0.167. The second-order valence-corrected chi connectivity index (χ2v) is 1.36. The predicted octanol–water partition coefficient (Wildman–Crippen LogP) is 0.945. The average Bonchev–Trinajstić information content (AvgIpc) is 1.67. The number of hydrogen-bond acceptors (Lipinski definition) is 1. The Hall–Kier alpha value is -1.14. The van der Waals surface area contributed by atoms with E-state index < -0.39 is 0 Å². The summed E-state index contributed by atoms with van der Waals surface area (Å²) in [5.74, 6) is 1.75. The van der Waals surface area contributed by atoms with Gasteiger partial charge in [0.25, 0.3) is 5.91 Å². The predicted molar refractivity (Wildman–Crippen MR) is 32.9 cm³/mol. The van der Waals surface area contributed by atoms with Crippen molar-refractivity contribution < 1.29 is 4.79 Å². The van der Waals surface area contributed by atoms with Gasteiger partial charge < -0.3 is 0 Å². The Morgan fingerprint density at radius 1 is 1.75 bits per heavy atom. The summed E-state index contributed by atoms with van der Waals surface area (Å²) in [6.07, 6.45) is 0. The SMILES string of the molecule is C=C=NC(=O)C(=C)C. The molecule has 0 saturated carbocycles. The largest absolute Gasteiger partial charge is 0.280 e. The molecule has 0 rings (SSSR count). The Bertz CT molecular complexity index is 159. The Balaban J connectivity index is 4.05. The normalized spacial score (nSPS) is 7.12. The highest BCUT2D eigenvalue weighted by Gasteiger charge is 1.93. The molecule has 0 heterocycles. The van der Waals surface area contributed by atoms with Crippen molar-refractivity contribution in [3.8, 4) is 0 Å². The van der Waals surface area contributed by atoms with Crippen molar-refractivity contribution in [2.75, 3.05) is 0 Å². The molecule has 0 aliphatic carbocycles. The van der Waals surface area contributed by atoms with Gasteiger partial charge in [-0.1, -0.05) is 6.58 Å². The van der Waals surface area contributed by atoms with E-state index in [2.05, 4.69) is 24.0 Å². The topological polar surface area (TPSA) is 29.4 Å². The monoisotopic (exact) mass is 109 g/mol. The van der Waals surface area contributed by atoms with Crippen molar-refractivity contribution in [2.24, 2.45) is 4.99 Å². The van der Waals surface area contributed by atoms with Crippen LogP contribution in [-0.4, -0.2) is 11.8 Å². The van der Waals surface area contributed by atoms with Gasteiger partial charge in [0.05, 0.1) is 0 Å². The van der Waals surface area contributed by atoms with E-state index in [0.717, 1.165) is 0 Å². The lowest BCUT2D eigenvalue weighted by atomic mass is 10.3. The molecule has 8 heavy (non-hydrogen) atoms. The van der Waals surface area contributed by atoms with Crippen LogP contribution in [-0.2, 0) is 4.79 Å². The molecule has 0 aliphatic heterocycles. The molecule has 0 spiro atoms. The van der Waals surface area contributed by atoms with Crippen LogP contribution in [0.4, 0.5) is 0 Å². The van der Waals surface area contributed by atoms with Crippen molar-refractivity contribution in [1.29, 1.82) is 0 Å². The lowest BCUT2D eigenvalue weighted by molar-refractivity contribution is -0.114. The van der Waals surface area contributed by atoms with Gasteiger partial charge in [-0.15, -0.1) is 0 Å². The van der Waals surface area contributed by atoms with Crippen LogP contribution in [0.15, 0.2) is 23.7 Å². The highest BCUT2D eigenvalue weighted by atomic mass is 16.1. The maximum Gasteiger partial charge on any atom is 0.280 e. The zero-order chi connectivity index (χ0) is 6.57. The molecule has 1 amide bonds. The van der Waals surface area contributed by atoms with Gasteiger partial charge in [-0.05, 0) is 19.4 Å². The third kappa shape index (κ3) is 2.11. The second-order valence-electron chi connectivity index (χ2n) is 1.36. The second kappa shape index (κ2) is 2.94. The summed E-state index contributed by atoms with van der Waals surface area (Å²) in [6, 6.07) is 0. The van der Waals surface area contributed by atoms with Gasteiger partial charge in [-0.25, -0.2) is 0 Å². The smallest absolute Gasteiger partial charge is 0.266 e. The Kier molecular flexibility index (Phi) is 2.52. The number of hydrogen-bond donors (Lipinski definition) is 0. The highest BCUT2D eigenvalue weighted by Crippen LogP contribution is 1.87. The quantitative estimate of drug-likeness (QED) is 0.364. The third-order valence-electron chi connectivity index (χ3n) is 0.546. The van der Waals surface area contributed by atoms with Gasteiger partial charge in [0.1, 0.15) is 0 Å². The summed E-state index contributed by atoms with van der Waals surface area (Å²) in [5, 5.41) is 0. The van der Waals surface area contributed by atoms with E-state index >= 15 is 0 Å². The van der Waals surface area contributed by atoms with Crippen LogP contribution < -0.4 is 0 Å². The summed E-state index contributed by atoms with van der Waals surface area (Å²) in [4.78, 5) is 13.6. The first-order chi connectivity index (χ1) is 3.68. The molecule has 42 valence electrons. The number of carbonyl (C=O) groups is 1. The van der Waals surface area contributed by atoms with E-state index in [-0.39, 0.29) is 5.91 Å². The molecule has 2 heteroatoms. The fraction of sp³-hybridized carbons (Fsp3) is 0.167. The maximum absolute atomic E-state index is 10.4. The van der Waals surface area contributed by atoms with Crippen LogP contribution in [0.1, 0.15) is 6.92 Å². The van der Waals surface area contributed by atoms with Gasteiger partial charge in [-0.3, -0.25) is 4.79 Å². The Morgan fingerprint density at radius 2 is 2.25 bits per heavy atom. The molecule has 0 aliphatic rings. The minimum absolute atomic E-state index is 0.361. The number of amides is 1. The molecule has 0 saturated heterocycles. The van der Waals surface area contributed by atoms with Crippen molar-refractivity contribution in [1.82, 2.24) is 0 Å². The average molecular weight is 109 g/mol. The number of rotatable bonds is 1. The third-order valence-corrected chi connectivity index (χ3v) is 0.546. The summed E-state index contributed by atoms with van der Waals surface area (Å²) in [6.45, 7) is 8.08. The zero-order valence-corrected chi connectivity index (χ0v) is 4.77. The van der Waals surface area contributed by atoms with E-state index in [4.69, 9.17) is 0 Å². The van der Waals surface area contributed by atoms with Gasteiger partial charge in [0.2, 0.25) is 0 Å². The minimum atomic E-state index is -0.361. The molecular formula is C6H7NO. The molecule has 0 aromatic heterocycles. The van der Waals surface area contributed by atoms with Gasteiger partial charge >= 0.3 is 0 Å². The molecule has 0 fully saturated rings. The van der Waals surface area contributed by atoms with E-state index in [0.29, 0.717) is 5.57 Å². The molecule has 0 aromatic rings. The summed E-state index contributed by atoms with van der Waals surface area (Å²) in [7, 11) is 0. The first-order valence-corrected chi connectivity index (χ1v) is 2.11. The summed E-state index contributed by atoms with van der Waals surface area (Å²) >= 11 is 0. The fourth-order valence-corrected chi connectivity index (χ4v) is 0.167. The van der Waals surface area contributed by atoms with Crippen LogP contribution in [0.5, 0.6) is 0 Å². The minimum Gasteiger partial charge on any atom is -0.266 e. The summed E-state index contributed by atoms with van der Waals surface area (Å²) < 4.78 is 0. The number of nitrogens with zero attached hydrogens (tertiary/aromatic N) is 1. The maximum atomic E-state index is 10.4. The molecule has 0 unspecified atom stereocenters. The van der Waals surface area contributed by atoms with Crippen LogP contribution in [0.3, 0.4) is 0 Å². The highest BCUT2D eigenvalue weighted by molar-refractivity contribution is 5.96. The first kappa shape index (κ1) is 6.86. The molecule has 0 bridgehead atoms. The van der Waals surface area contributed by atoms with Crippen LogP contribution in [0.25, 0.3) is 0 Å². The van der Waals surface area contributed by atoms with Gasteiger partial charge in [-0.2, -0.15) is 4.99 Å². The molecule has 0 aromatic carbocycles. The van der Waals surface area contributed by atoms with Crippen molar-refractivity contribution in [3.63, 3.8) is 0 Å². The van der Waals surface area contributed by atoms with Crippen molar-refractivity contribution in [2.45, 2.75) is 6.92 Å². The van der Waals surface area contributed by atoms with Gasteiger partial charge in [0.15, 0.2) is 0 Å². The van der Waals surface area contributed by atoms with Crippen LogP contribution in [0, 0.1) is 0 Å². The lowest BCUT2D eigenvalue weighted by Crippen LogP contribution is -1.90. The first-order valence-electron chi connectivity index (χ1n) is 2.11. The van der Waals surface area contributed by atoms with E-state index in [1.165, 1.54) is 0 Å². The van der Waals surface area contributed by atoms with E-state index in [1.807, 2.05) is 0 Å². The number of carbonyl (C=O) groups excluding carboxylic acids is 1. The standard InChI is InChI=1S/C6H7NO/c1-4-7-6(8)5(2)3/h1-2H2,3H3. The molecule has 2 nitrogen and oxygen atoms in total. The molecule has 0 N–H and O–H groups in total. The number of aliphatic imine (C=N–C) groups is 1. The Morgan fingerprint density at radius 3 is 2.38 bits per heavy atom. The Labute approximate surface area is 48.2 Å². The zero-order valence-electron chi connectivity index (χ0n) is 4.77. The molecule has 0 atom stereocenters.